The summed E-state index contributed by atoms with van der Waals surface area (Å²) in [7, 11) is 0. The molecule has 5 nitrogen and oxygen atoms in total. The molecule has 0 atom stereocenters. The van der Waals surface area contributed by atoms with E-state index in [9.17, 15) is 18.8 Å². The van der Waals surface area contributed by atoms with E-state index in [0.717, 1.165) is 9.64 Å². The number of ether oxygens (including phenoxy) is 1. The van der Waals surface area contributed by atoms with Gasteiger partial charge >= 0.3 is 5.97 Å². The number of carbonyl (C=O) groups is 3. The fourth-order valence-electron chi connectivity index (χ4n) is 1.93. The lowest BCUT2D eigenvalue weighted by molar-refractivity contribution is -0.114. The Labute approximate surface area is 151 Å². The van der Waals surface area contributed by atoms with Gasteiger partial charge in [0.05, 0.1) is 11.1 Å². The molecule has 0 bridgehead atoms. The average molecular weight is 441 g/mol. The molecule has 2 aromatic rings. The van der Waals surface area contributed by atoms with Gasteiger partial charge in [0.2, 0.25) is 11.7 Å². The van der Waals surface area contributed by atoms with Gasteiger partial charge < -0.3 is 10.1 Å². The molecule has 24 heavy (non-hydrogen) atoms. The number of ketones is 1. The minimum absolute atomic E-state index is 0.209. The van der Waals surface area contributed by atoms with Gasteiger partial charge in [0, 0.05) is 16.2 Å². The molecule has 2 rings (SSSR count). The van der Waals surface area contributed by atoms with Gasteiger partial charge in [-0.25, -0.2) is 9.18 Å². The van der Waals surface area contributed by atoms with Crippen LogP contribution in [0.5, 0.6) is 0 Å². The van der Waals surface area contributed by atoms with Crippen molar-refractivity contribution in [1.29, 1.82) is 0 Å². The van der Waals surface area contributed by atoms with Gasteiger partial charge in [-0.05, 0) is 59.0 Å². The van der Waals surface area contributed by atoms with Gasteiger partial charge in [-0.2, -0.15) is 0 Å². The zero-order valence-corrected chi connectivity index (χ0v) is 14.8. The topological polar surface area (TPSA) is 72.5 Å². The van der Waals surface area contributed by atoms with Crippen molar-refractivity contribution in [3.05, 3.63) is 63.0 Å². The quantitative estimate of drug-likeness (QED) is 0.439. The Hall–Kier alpha value is -2.29. The largest absolute Gasteiger partial charge is 0.454 e. The van der Waals surface area contributed by atoms with Gasteiger partial charge in [-0.1, -0.05) is 6.07 Å². The van der Waals surface area contributed by atoms with E-state index in [0.29, 0.717) is 5.56 Å². The minimum atomic E-state index is -0.795. The monoisotopic (exact) mass is 441 g/mol. The Morgan fingerprint density at radius 2 is 1.92 bits per heavy atom. The third kappa shape index (κ3) is 4.85. The van der Waals surface area contributed by atoms with Crippen LogP contribution in [0.3, 0.4) is 0 Å². The second kappa shape index (κ2) is 8.00. The van der Waals surface area contributed by atoms with E-state index in [1.807, 2.05) is 6.07 Å². The normalized spacial score (nSPS) is 10.1. The van der Waals surface area contributed by atoms with Gasteiger partial charge in [0.15, 0.2) is 6.61 Å². The van der Waals surface area contributed by atoms with Crippen molar-refractivity contribution in [2.75, 3.05) is 11.9 Å². The standard InChI is InChI=1S/C17H13FINO4/c1-10(21)20-13-5-6-14(15(18)8-13)16(22)9-24-17(23)11-3-2-4-12(19)7-11/h2-8H,9H2,1H3,(H,20,21). The molecule has 0 aliphatic rings. The maximum atomic E-state index is 13.9. The Kier molecular flexibility index (Phi) is 6.02. The number of amides is 1. The first-order valence-corrected chi connectivity index (χ1v) is 7.97. The van der Waals surface area contributed by atoms with Crippen LogP contribution in [0.25, 0.3) is 0 Å². The maximum Gasteiger partial charge on any atom is 0.338 e. The summed E-state index contributed by atoms with van der Waals surface area (Å²) in [6.45, 7) is 0.724. The van der Waals surface area contributed by atoms with Gasteiger partial charge in [-0.15, -0.1) is 0 Å². The van der Waals surface area contributed by atoms with Crippen molar-refractivity contribution in [2.45, 2.75) is 6.92 Å². The third-order valence-electron chi connectivity index (χ3n) is 2.98. The number of halogens is 2. The predicted molar refractivity (Wildman–Crippen MR) is 94.5 cm³/mol. The van der Waals surface area contributed by atoms with E-state index in [1.54, 1.807) is 18.2 Å². The van der Waals surface area contributed by atoms with Crippen molar-refractivity contribution in [1.82, 2.24) is 0 Å². The maximum absolute atomic E-state index is 13.9. The van der Waals surface area contributed by atoms with Crippen molar-refractivity contribution >= 4 is 45.9 Å². The van der Waals surface area contributed by atoms with Crippen LogP contribution in [-0.2, 0) is 9.53 Å². The van der Waals surface area contributed by atoms with Gasteiger partial charge in [0.25, 0.3) is 0 Å². The molecule has 0 radical (unpaired) electrons. The molecule has 0 unspecified atom stereocenters. The van der Waals surface area contributed by atoms with E-state index in [2.05, 4.69) is 27.9 Å². The third-order valence-corrected chi connectivity index (χ3v) is 3.66. The number of nitrogens with one attached hydrogen (secondary N) is 1. The molecule has 2 aromatic carbocycles. The first kappa shape index (κ1) is 18.1. The summed E-state index contributed by atoms with van der Waals surface area (Å²) >= 11 is 2.05. The number of Topliss-reactive ketones (excluding diaryl/α,β-unsaturated/α-hetero) is 1. The highest BCUT2D eigenvalue weighted by Gasteiger charge is 2.16. The second-order valence-electron chi connectivity index (χ2n) is 4.89. The van der Waals surface area contributed by atoms with Crippen molar-refractivity contribution in [3.63, 3.8) is 0 Å². The summed E-state index contributed by atoms with van der Waals surface area (Å²) < 4.78 is 19.7. The first-order valence-electron chi connectivity index (χ1n) is 6.90. The summed E-state index contributed by atoms with van der Waals surface area (Å²) in [5, 5.41) is 2.41. The molecule has 0 spiro atoms. The van der Waals surface area contributed by atoms with E-state index in [-0.39, 0.29) is 17.2 Å². The van der Waals surface area contributed by atoms with Crippen LogP contribution < -0.4 is 5.32 Å². The summed E-state index contributed by atoms with van der Waals surface area (Å²) in [5.41, 5.74) is 0.350. The Morgan fingerprint density at radius 1 is 1.17 bits per heavy atom. The number of benzene rings is 2. The molecule has 0 saturated carbocycles. The Balaban J connectivity index is 2.02. The van der Waals surface area contributed by atoms with Crippen LogP contribution in [0.1, 0.15) is 27.6 Å². The smallest absolute Gasteiger partial charge is 0.338 e. The molecule has 0 heterocycles. The van der Waals surface area contributed by atoms with Crippen LogP contribution in [-0.4, -0.2) is 24.3 Å². The number of anilines is 1. The fraction of sp³-hybridized carbons (Fsp3) is 0.118. The van der Waals surface area contributed by atoms with Crippen molar-refractivity contribution in [3.8, 4) is 0 Å². The van der Waals surface area contributed by atoms with Crippen molar-refractivity contribution < 1.29 is 23.5 Å². The summed E-state index contributed by atoms with van der Waals surface area (Å²) in [4.78, 5) is 34.8. The lowest BCUT2D eigenvalue weighted by atomic mass is 10.1. The molecule has 124 valence electrons. The zero-order chi connectivity index (χ0) is 17.7. The van der Waals surface area contributed by atoms with Crippen LogP contribution in [0.2, 0.25) is 0 Å². The summed E-state index contributed by atoms with van der Waals surface area (Å²) in [6, 6.07) is 10.4. The Bertz CT molecular complexity index is 807. The molecular formula is C17H13FINO4. The number of esters is 1. The van der Waals surface area contributed by atoms with Gasteiger partial charge in [0.1, 0.15) is 5.82 Å². The highest BCUT2D eigenvalue weighted by Crippen LogP contribution is 2.16. The van der Waals surface area contributed by atoms with Crippen LogP contribution in [0.4, 0.5) is 10.1 Å². The lowest BCUT2D eigenvalue weighted by Crippen LogP contribution is -2.16. The molecule has 1 amide bonds. The summed E-state index contributed by atoms with van der Waals surface area (Å²) in [6.07, 6.45) is 0. The summed E-state index contributed by atoms with van der Waals surface area (Å²) in [5.74, 6) is -2.46. The minimum Gasteiger partial charge on any atom is -0.454 e. The van der Waals surface area contributed by atoms with Crippen LogP contribution >= 0.6 is 22.6 Å². The molecule has 0 aliphatic carbocycles. The first-order chi connectivity index (χ1) is 11.4. The average Bonchev–Trinajstić information content (AvgIpc) is 2.51. The van der Waals surface area contributed by atoms with E-state index < -0.39 is 24.2 Å². The highest BCUT2D eigenvalue weighted by molar-refractivity contribution is 14.1. The number of hydrogen-bond donors (Lipinski definition) is 1. The zero-order valence-electron chi connectivity index (χ0n) is 12.6. The molecule has 0 saturated heterocycles. The lowest BCUT2D eigenvalue weighted by Gasteiger charge is -2.07. The molecular weight excluding hydrogens is 428 g/mol. The SMILES string of the molecule is CC(=O)Nc1ccc(C(=O)COC(=O)c2cccc(I)c2)c(F)c1. The second-order valence-corrected chi connectivity index (χ2v) is 6.13. The number of hydrogen-bond acceptors (Lipinski definition) is 4. The number of carbonyl (C=O) groups excluding carboxylic acids is 3. The van der Waals surface area contributed by atoms with E-state index in [1.165, 1.54) is 19.1 Å². The molecule has 7 heteroatoms. The molecule has 1 N–H and O–H groups in total. The molecule has 0 aromatic heterocycles. The highest BCUT2D eigenvalue weighted by atomic mass is 127. The van der Waals surface area contributed by atoms with Gasteiger partial charge in [-0.3, -0.25) is 9.59 Å². The van der Waals surface area contributed by atoms with Crippen LogP contribution in [0, 0.1) is 9.39 Å². The van der Waals surface area contributed by atoms with E-state index >= 15 is 0 Å². The molecule has 0 fully saturated rings. The van der Waals surface area contributed by atoms with Crippen LogP contribution in [0.15, 0.2) is 42.5 Å². The fourth-order valence-corrected chi connectivity index (χ4v) is 2.47. The van der Waals surface area contributed by atoms with E-state index in [4.69, 9.17) is 4.74 Å². The number of rotatable bonds is 5. The molecule has 0 aliphatic heterocycles. The van der Waals surface area contributed by atoms with Crippen molar-refractivity contribution in [2.24, 2.45) is 0 Å². The predicted octanol–water partition coefficient (Wildman–Crippen LogP) is 3.43. The Morgan fingerprint density at radius 3 is 2.54 bits per heavy atom.